The molecule has 0 aliphatic carbocycles. The van der Waals surface area contributed by atoms with Gasteiger partial charge in [0.2, 0.25) is 5.91 Å². The predicted octanol–water partition coefficient (Wildman–Crippen LogP) is 3.90. The lowest BCUT2D eigenvalue weighted by molar-refractivity contribution is -0.125. The summed E-state index contributed by atoms with van der Waals surface area (Å²) in [6.07, 6.45) is 3.37. The van der Waals surface area contributed by atoms with Gasteiger partial charge in [-0.15, -0.1) is 21.5 Å². The Bertz CT molecular complexity index is 923. The Balaban J connectivity index is 1.29. The van der Waals surface area contributed by atoms with Gasteiger partial charge in [-0.05, 0) is 65.2 Å². The fraction of sp³-hybridized carbons (Fsp3) is 0.300. The lowest BCUT2D eigenvalue weighted by atomic mass is 9.96. The minimum Gasteiger partial charge on any atom is -0.355 e. The van der Waals surface area contributed by atoms with Crippen molar-refractivity contribution in [2.75, 3.05) is 18.0 Å². The fourth-order valence-corrected chi connectivity index (χ4v) is 4.62. The molecule has 144 valence electrons. The van der Waals surface area contributed by atoms with Gasteiger partial charge in [0.25, 0.3) is 0 Å². The summed E-state index contributed by atoms with van der Waals surface area (Å²) in [7, 11) is 0. The van der Waals surface area contributed by atoms with E-state index in [2.05, 4.69) is 41.3 Å². The van der Waals surface area contributed by atoms with Crippen molar-refractivity contribution in [3.63, 3.8) is 0 Å². The zero-order valence-electron chi connectivity index (χ0n) is 15.2. The molecule has 0 atom stereocenters. The van der Waals surface area contributed by atoms with Crippen LogP contribution < -0.4 is 10.2 Å². The Morgan fingerprint density at radius 3 is 2.64 bits per heavy atom. The van der Waals surface area contributed by atoms with Crippen LogP contribution in [0.25, 0.3) is 10.6 Å². The van der Waals surface area contributed by atoms with Gasteiger partial charge in [0.05, 0.1) is 20.9 Å². The second kappa shape index (κ2) is 8.79. The van der Waals surface area contributed by atoms with E-state index in [1.165, 1.54) is 0 Å². The quantitative estimate of drug-likeness (QED) is 0.628. The van der Waals surface area contributed by atoms with E-state index in [1.807, 2.05) is 42.5 Å². The summed E-state index contributed by atoms with van der Waals surface area (Å²) in [5, 5.41) is 11.8. The largest absolute Gasteiger partial charge is 0.355 e. The SMILES string of the molecule is O=C(NCc1ccccn1)C1CCN(c2ccc(-c3ccc(Br)s3)nn2)CC1. The first-order valence-corrected chi connectivity index (χ1v) is 10.8. The molecule has 0 aromatic carbocycles. The van der Waals surface area contributed by atoms with Gasteiger partial charge in [0.1, 0.15) is 5.69 Å². The van der Waals surface area contributed by atoms with E-state index >= 15 is 0 Å². The van der Waals surface area contributed by atoms with Gasteiger partial charge in [0, 0.05) is 25.2 Å². The number of pyridine rings is 1. The van der Waals surface area contributed by atoms with Gasteiger partial charge in [0.15, 0.2) is 5.82 Å². The number of nitrogens with zero attached hydrogens (tertiary/aromatic N) is 4. The summed E-state index contributed by atoms with van der Waals surface area (Å²) in [4.78, 5) is 20.0. The summed E-state index contributed by atoms with van der Waals surface area (Å²) in [5.41, 5.74) is 1.75. The molecular formula is C20H20BrN5OS. The lowest BCUT2D eigenvalue weighted by Crippen LogP contribution is -2.40. The highest BCUT2D eigenvalue weighted by molar-refractivity contribution is 9.11. The van der Waals surface area contributed by atoms with Crippen LogP contribution in [0.5, 0.6) is 0 Å². The summed E-state index contributed by atoms with van der Waals surface area (Å²) in [5.74, 6) is 1.01. The zero-order valence-corrected chi connectivity index (χ0v) is 17.6. The smallest absolute Gasteiger partial charge is 0.223 e. The zero-order chi connectivity index (χ0) is 19.3. The van der Waals surface area contributed by atoms with Gasteiger partial charge in [-0.25, -0.2) is 0 Å². The second-order valence-electron chi connectivity index (χ2n) is 6.68. The molecule has 1 N–H and O–H groups in total. The van der Waals surface area contributed by atoms with Crippen molar-refractivity contribution in [3.8, 4) is 10.6 Å². The van der Waals surface area contributed by atoms with Gasteiger partial charge < -0.3 is 10.2 Å². The molecule has 3 aromatic rings. The number of nitrogens with one attached hydrogen (secondary N) is 1. The highest BCUT2D eigenvalue weighted by atomic mass is 79.9. The number of carbonyl (C=O) groups is 1. The van der Waals surface area contributed by atoms with Crippen LogP contribution in [0.15, 0.2) is 52.4 Å². The van der Waals surface area contributed by atoms with E-state index in [-0.39, 0.29) is 11.8 Å². The molecule has 0 unspecified atom stereocenters. The maximum Gasteiger partial charge on any atom is 0.223 e. The molecule has 1 aliphatic heterocycles. The van der Waals surface area contributed by atoms with Crippen LogP contribution in [0.4, 0.5) is 5.82 Å². The van der Waals surface area contributed by atoms with Gasteiger partial charge >= 0.3 is 0 Å². The highest BCUT2D eigenvalue weighted by Gasteiger charge is 2.25. The number of carbonyl (C=O) groups excluding carboxylic acids is 1. The summed E-state index contributed by atoms with van der Waals surface area (Å²) in [6.45, 7) is 2.09. The van der Waals surface area contributed by atoms with Gasteiger partial charge in [-0.1, -0.05) is 6.07 Å². The molecule has 6 nitrogen and oxygen atoms in total. The molecular weight excluding hydrogens is 438 g/mol. The monoisotopic (exact) mass is 457 g/mol. The summed E-state index contributed by atoms with van der Waals surface area (Å²) in [6, 6.07) is 13.8. The van der Waals surface area contributed by atoms with E-state index in [4.69, 9.17) is 0 Å². The van der Waals surface area contributed by atoms with Crippen molar-refractivity contribution in [2.45, 2.75) is 19.4 Å². The number of anilines is 1. The van der Waals surface area contributed by atoms with Crippen LogP contribution in [-0.4, -0.2) is 34.2 Å². The number of aromatic nitrogens is 3. The molecule has 1 amide bonds. The molecule has 28 heavy (non-hydrogen) atoms. The number of rotatable bonds is 5. The Hall–Kier alpha value is -2.32. The van der Waals surface area contributed by atoms with Crippen LogP contribution in [0.3, 0.4) is 0 Å². The third-order valence-electron chi connectivity index (χ3n) is 4.84. The number of hydrogen-bond acceptors (Lipinski definition) is 6. The standard InChI is InChI=1S/C20H20BrN5OS/c21-18-6-5-17(28-18)16-4-7-19(25-24-16)26-11-8-14(9-12-26)20(27)23-13-15-3-1-2-10-22-15/h1-7,10,14H,8-9,11-13H2,(H,23,27). The molecule has 0 radical (unpaired) electrons. The van der Waals surface area contributed by atoms with E-state index in [9.17, 15) is 4.79 Å². The first-order chi connectivity index (χ1) is 13.7. The van der Waals surface area contributed by atoms with Crippen molar-refractivity contribution in [2.24, 2.45) is 5.92 Å². The first kappa shape index (κ1) is 19.0. The van der Waals surface area contributed by atoms with E-state index in [1.54, 1.807) is 17.5 Å². The number of hydrogen-bond donors (Lipinski definition) is 1. The fourth-order valence-electron chi connectivity index (χ4n) is 3.27. The second-order valence-corrected chi connectivity index (χ2v) is 9.14. The normalized spacial score (nSPS) is 14.8. The average Bonchev–Trinajstić information content (AvgIpc) is 3.19. The van der Waals surface area contributed by atoms with Crippen LogP contribution >= 0.6 is 27.3 Å². The van der Waals surface area contributed by atoms with Gasteiger partial charge in [-0.3, -0.25) is 9.78 Å². The van der Waals surface area contributed by atoms with Gasteiger partial charge in [-0.2, -0.15) is 0 Å². The van der Waals surface area contributed by atoms with Crippen molar-refractivity contribution in [3.05, 3.63) is 58.1 Å². The third kappa shape index (κ3) is 4.56. The molecule has 0 bridgehead atoms. The van der Waals surface area contributed by atoms with Crippen molar-refractivity contribution < 1.29 is 4.79 Å². The molecule has 1 saturated heterocycles. The lowest BCUT2D eigenvalue weighted by Gasteiger charge is -2.31. The number of amides is 1. The molecule has 8 heteroatoms. The molecule has 0 saturated carbocycles. The van der Waals surface area contributed by atoms with E-state index in [0.29, 0.717) is 6.54 Å². The summed E-state index contributed by atoms with van der Waals surface area (Å²) < 4.78 is 1.08. The maximum absolute atomic E-state index is 12.4. The minimum absolute atomic E-state index is 0.0377. The Labute approximate surface area is 176 Å². The number of thiophene rings is 1. The highest BCUT2D eigenvalue weighted by Crippen LogP contribution is 2.30. The molecule has 4 rings (SSSR count). The Morgan fingerprint density at radius 1 is 1.14 bits per heavy atom. The minimum atomic E-state index is 0.0377. The Kier molecular flexibility index (Phi) is 5.97. The van der Waals surface area contributed by atoms with Crippen LogP contribution in [0.2, 0.25) is 0 Å². The average molecular weight is 458 g/mol. The summed E-state index contributed by atoms with van der Waals surface area (Å²) >= 11 is 5.11. The third-order valence-corrected chi connectivity index (χ3v) is 6.48. The molecule has 1 fully saturated rings. The molecule has 3 aromatic heterocycles. The number of halogens is 1. The number of piperidine rings is 1. The topological polar surface area (TPSA) is 71.0 Å². The molecule has 1 aliphatic rings. The molecule has 4 heterocycles. The molecule has 0 spiro atoms. The van der Waals surface area contributed by atoms with E-state index < -0.39 is 0 Å². The van der Waals surface area contributed by atoms with Crippen molar-refractivity contribution in [1.29, 1.82) is 0 Å². The predicted molar refractivity (Wildman–Crippen MR) is 114 cm³/mol. The van der Waals surface area contributed by atoms with Crippen LogP contribution in [0.1, 0.15) is 18.5 Å². The van der Waals surface area contributed by atoms with Crippen molar-refractivity contribution in [1.82, 2.24) is 20.5 Å². The van der Waals surface area contributed by atoms with Crippen molar-refractivity contribution >= 4 is 39.0 Å². The Morgan fingerprint density at radius 2 is 2.00 bits per heavy atom. The van der Waals surface area contributed by atoms with E-state index in [0.717, 1.165) is 51.8 Å². The van der Waals surface area contributed by atoms with Crippen LogP contribution in [0, 0.1) is 5.92 Å². The van der Waals surface area contributed by atoms with Crippen LogP contribution in [-0.2, 0) is 11.3 Å². The maximum atomic E-state index is 12.4. The first-order valence-electron chi connectivity index (χ1n) is 9.21.